The zero-order chi connectivity index (χ0) is 13.4. The molecule has 1 aromatic heterocycles. The van der Waals surface area contributed by atoms with Gasteiger partial charge >= 0.3 is 116 Å². The molecule has 0 N–H and O–H groups in total. The van der Waals surface area contributed by atoms with Gasteiger partial charge in [-0.2, -0.15) is 0 Å². The van der Waals surface area contributed by atoms with Crippen molar-refractivity contribution in [3.05, 3.63) is 70.3 Å². The summed E-state index contributed by atoms with van der Waals surface area (Å²) >= 11 is -0.149. The van der Waals surface area contributed by atoms with Crippen LogP contribution in [0.1, 0.15) is 18.5 Å². The van der Waals surface area contributed by atoms with Gasteiger partial charge in [-0.05, 0) is 0 Å². The van der Waals surface area contributed by atoms with Gasteiger partial charge in [-0.3, -0.25) is 0 Å². The van der Waals surface area contributed by atoms with E-state index in [0.717, 1.165) is 9.82 Å². The Bertz CT molecular complexity index is 776. The summed E-state index contributed by atoms with van der Waals surface area (Å²) in [6.07, 6.45) is 0. The van der Waals surface area contributed by atoms with E-state index in [0.29, 0.717) is 5.39 Å². The number of halogens is 1. The van der Waals surface area contributed by atoms with Crippen molar-refractivity contribution < 1.29 is 4.39 Å². The molecule has 2 aromatic carbocycles. The Morgan fingerprint density at radius 1 is 1.16 bits per heavy atom. The van der Waals surface area contributed by atoms with Crippen molar-refractivity contribution in [2.24, 2.45) is 0 Å². The summed E-state index contributed by atoms with van der Waals surface area (Å²) < 4.78 is 15.9. The Balaban J connectivity index is 2.16. The summed E-state index contributed by atoms with van der Waals surface area (Å²) in [5, 5.41) is 0.643. The first-order valence-electron chi connectivity index (χ1n) is 6.03. The Hall–Kier alpha value is -1.64. The van der Waals surface area contributed by atoms with Crippen LogP contribution in [0.5, 0.6) is 0 Å². The number of hydrogen-bond donors (Lipinski definition) is 0. The molecule has 0 fully saturated rings. The molecule has 0 saturated carbocycles. The average molecular weight is 320 g/mol. The van der Waals surface area contributed by atoms with Crippen LogP contribution in [0.2, 0.25) is 0 Å². The van der Waals surface area contributed by atoms with Crippen molar-refractivity contribution in [1.29, 1.82) is 0 Å². The molecule has 3 aromatic rings. The minimum absolute atomic E-state index is 0.00588. The van der Waals surface area contributed by atoms with Crippen molar-refractivity contribution in [2.45, 2.75) is 13.0 Å². The maximum atomic E-state index is 13.2. The van der Waals surface area contributed by atoms with Crippen LogP contribution < -0.4 is 5.56 Å². The minimum atomic E-state index is -0.275. The molecule has 0 bridgehead atoms. The molecule has 2 nitrogen and oxygen atoms in total. The van der Waals surface area contributed by atoms with Crippen LogP contribution in [-0.4, -0.2) is 18.3 Å². The van der Waals surface area contributed by atoms with Crippen LogP contribution >= 0.6 is 0 Å². The second-order valence-electron chi connectivity index (χ2n) is 4.45. The van der Waals surface area contributed by atoms with E-state index in [1.165, 1.54) is 12.1 Å². The summed E-state index contributed by atoms with van der Waals surface area (Å²) in [7, 11) is 0. The summed E-state index contributed by atoms with van der Waals surface area (Å²) in [4.78, 5) is 12.3. The van der Waals surface area contributed by atoms with Gasteiger partial charge in [0.1, 0.15) is 0 Å². The normalized spacial score (nSPS) is 12.7. The fraction of sp³-hybridized carbons (Fsp3) is 0.133. The van der Waals surface area contributed by atoms with Crippen molar-refractivity contribution in [2.75, 3.05) is 0 Å². The van der Waals surface area contributed by atoms with Gasteiger partial charge in [0.25, 0.3) is 0 Å². The van der Waals surface area contributed by atoms with Gasteiger partial charge in [0.2, 0.25) is 0 Å². The van der Waals surface area contributed by atoms with Crippen molar-refractivity contribution >= 4 is 24.4 Å². The molecule has 3 rings (SSSR count). The van der Waals surface area contributed by atoms with E-state index in [-0.39, 0.29) is 32.2 Å². The van der Waals surface area contributed by atoms with Crippen LogP contribution in [0.15, 0.2) is 53.3 Å². The van der Waals surface area contributed by atoms with Gasteiger partial charge in [0, 0.05) is 0 Å². The second kappa shape index (κ2) is 4.80. The predicted octanol–water partition coefficient (Wildman–Crippen LogP) is 2.81. The number of aromatic nitrogens is 1. The molecule has 96 valence electrons. The van der Waals surface area contributed by atoms with Gasteiger partial charge in [-0.25, -0.2) is 0 Å². The van der Waals surface area contributed by atoms with E-state index in [2.05, 4.69) is 0 Å². The fourth-order valence-electron chi connectivity index (χ4n) is 2.14. The van der Waals surface area contributed by atoms with Crippen molar-refractivity contribution in [3.63, 3.8) is 0 Å². The topological polar surface area (TPSA) is 22.0 Å². The average Bonchev–Trinajstić information content (AvgIpc) is 2.75. The Morgan fingerprint density at radius 3 is 2.63 bits per heavy atom. The summed E-state index contributed by atoms with van der Waals surface area (Å²) in [5.41, 5.74) is 1.11. The molecule has 1 heterocycles. The van der Waals surface area contributed by atoms with Crippen molar-refractivity contribution in [1.82, 2.24) is 3.56 Å². The van der Waals surface area contributed by atoms with Crippen LogP contribution in [-0.2, 0) is 0 Å². The van der Waals surface area contributed by atoms with Gasteiger partial charge in [-0.1, -0.05) is 0 Å². The number of nitrogens with zero attached hydrogens (tertiary/aromatic N) is 1. The summed E-state index contributed by atoms with van der Waals surface area (Å²) in [6, 6.07) is 14.3. The predicted molar refractivity (Wildman–Crippen MR) is 75.4 cm³/mol. The molecular formula is C15H12FNOSe. The van der Waals surface area contributed by atoms with Crippen LogP contribution in [0.25, 0.3) is 9.65 Å². The van der Waals surface area contributed by atoms with Gasteiger partial charge in [-0.15, -0.1) is 0 Å². The van der Waals surface area contributed by atoms with Crippen LogP contribution in [0.4, 0.5) is 4.39 Å². The molecule has 0 radical (unpaired) electrons. The number of rotatable bonds is 2. The molecule has 0 spiro atoms. The molecule has 0 aliphatic heterocycles. The van der Waals surface area contributed by atoms with Gasteiger partial charge in [0.15, 0.2) is 0 Å². The molecule has 1 unspecified atom stereocenters. The van der Waals surface area contributed by atoms with E-state index in [4.69, 9.17) is 0 Å². The van der Waals surface area contributed by atoms with Crippen LogP contribution in [0.3, 0.4) is 0 Å². The third-order valence-corrected chi connectivity index (χ3v) is 5.75. The number of fused-ring (bicyclic) bond motifs is 1. The SMILES string of the molecule is CC(c1ccccc1)n1[se]c2cc(F)ccc2c1=O. The van der Waals surface area contributed by atoms with Crippen LogP contribution in [0, 0.1) is 5.82 Å². The van der Waals surface area contributed by atoms with E-state index in [1.807, 2.05) is 40.8 Å². The maximum absolute atomic E-state index is 13.2. The first-order valence-corrected chi connectivity index (χ1v) is 7.65. The van der Waals surface area contributed by atoms with E-state index in [1.54, 1.807) is 6.07 Å². The quantitative estimate of drug-likeness (QED) is 0.666. The van der Waals surface area contributed by atoms with E-state index >= 15 is 0 Å². The van der Waals surface area contributed by atoms with Gasteiger partial charge < -0.3 is 0 Å². The third kappa shape index (κ3) is 2.18. The first-order chi connectivity index (χ1) is 9.16. The summed E-state index contributed by atoms with van der Waals surface area (Å²) in [5.74, 6) is -0.275. The zero-order valence-corrected chi connectivity index (χ0v) is 12.1. The monoisotopic (exact) mass is 321 g/mol. The van der Waals surface area contributed by atoms with E-state index < -0.39 is 0 Å². The van der Waals surface area contributed by atoms with Crippen molar-refractivity contribution in [3.8, 4) is 0 Å². The Labute approximate surface area is 116 Å². The third-order valence-electron chi connectivity index (χ3n) is 3.20. The molecule has 0 saturated heterocycles. The number of hydrogen-bond acceptors (Lipinski definition) is 1. The fourth-order valence-corrected chi connectivity index (χ4v) is 4.43. The molecule has 0 aliphatic carbocycles. The molecule has 1 atom stereocenters. The standard InChI is InChI=1S/C15H12FNOSe/c1-10(11-5-3-2-4-6-11)17-15(18)13-8-7-12(16)9-14(13)19-17/h2-10H,1H3. The second-order valence-corrected chi connectivity index (χ2v) is 6.58. The molecule has 4 heteroatoms. The van der Waals surface area contributed by atoms with E-state index in [9.17, 15) is 9.18 Å². The summed E-state index contributed by atoms with van der Waals surface area (Å²) in [6.45, 7) is 2.01. The molecule has 0 aliphatic rings. The molecule has 19 heavy (non-hydrogen) atoms. The number of benzene rings is 2. The zero-order valence-electron chi connectivity index (χ0n) is 10.3. The molecular weight excluding hydrogens is 308 g/mol. The Kier molecular flexibility index (Phi) is 3.13. The Morgan fingerprint density at radius 2 is 1.89 bits per heavy atom. The molecule has 0 amide bonds. The van der Waals surface area contributed by atoms with Gasteiger partial charge in [0.05, 0.1) is 0 Å². The first kappa shape index (κ1) is 12.4.